The fourth-order valence-corrected chi connectivity index (χ4v) is 2.81. The average molecular weight is 339 g/mol. The zero-order valence-electron chi connectivity index (χ0n) is 10.6. The molecular weight excluding hydrogens is 328 g/mol. The van der Waals surface area contributed by atoms with E-state index in [0.29, 0.717) is 11.3 Å². The van der Waals surface area contributed by atoms with E-state index in [1.165, 1.54) is 0 Å². The third-order valence-corrected chi connectivity index (χ3v) is 3.95. The molecule has 1 aromatic rings. The predicted octanol–water partition coefficient (Wildman–Crippen LogP) is 1.94. The molecule has 0 radical (unpaired) electrons. The minimum atomic E-state index is -1.26. The normalized spacial score (nSPS) is 23.1. The molecule has 1 spiro atoms. The number of halogens is 1. The summed E-state index contributed by atoms with van der Waals surface area (Å²) in [5.41, 5.74) is 0.175. The fraction of sp³-hybridized carbons (Fsp3) is 0.308. The lowest BCUT2D eigenvalue weighted by Crippen LogP contribution is -2.35. The van der Waals surface area contributed by atoms with Crippen LogP contribution in [0.1, 0.15) is 18.9 Å². The third-order valence-electron chi connectivity index (χ3n) is 3.29. The zero-order chi connectivity index (χ0) is 14.3. The van der Waals surface area contributed by atoms with Gasteiger partial charge in [-0.25, -0.2) is 4.79 Å². The predicted molar refractivity (Wildman–Crippen MR) is 74.2 cm³/mol. The van der Waals surface area contributed by atoms with Crippen LogP contribution in [0.3, 0.4) is 0 Å². The Morgan fingerprint density at radius 2 is 2.40 bits per heavy atom. The van der Waals surface area contributed by atoms with Crippen LogP contribution in [-0.4, -0.2) is 24.2 Å². The van der Waals surface area contributed by atoms with Gasteiger partial charge in [0.1, 0.15) is 0 Å². The van der Waals surface area contributed by atoms with E-state index in [2.05, 4.69) is 26.4 Å². The molecule has 0 fully saturated rings. The van der Waals surface area contributed by atoms with Crippen molar-refractivity contribution in [2.45, 2.75) is 18.9 Å². The molecule has 0 unspecified atom stereocenters. The van der Waals surface area contributed by atoms with Crippen molar-refractivity contribution < 1.29 is 19.2 Å². The lowest BCUT2D eigenvalue weighted by molar-refractivity contribution is -0.137. The molecule has 7 heteroatoms. The Hall–Kier alpha value is -1.89. The van der Waals surface area contributed by atoms with Gasteiger partial charge in [0, 0.05) is 10.0 Å². The second kappa shape index (κ2) is 4.59. The summed E-state index contributed by atoms with van der Waals surface area (Å²) in [5, 5.41) is 6.49. The van der Waals surface area contributed by atoms with E-state index in [-0.39, 0.29) is 24.6 Å². The maximum Gasteiger partial charge on any atom is 0.356 e. The smallest absolute Gasteiger partial charge is 0.356 e. The van der Waals surface area contributed by atoms with Crippen molar-refractivity contribution in [2.75, 3.05) is 11.9 Å². The third kappa shape index (κ3) is 1.73. The first-order valence-corrected chi connectivity index (χ1v) is 6.90. The number of fused-ring (bicyclic) bond motifs is 2. The summed E-state index contributed by atoms with van der Waals surface area (Å²) in [4.78, 5) is 29.3. The zero-order valence-corrected chi connectivity index (χ0v) is 12.2. The number of nitrogens with one attached hydrogen (secondary N) is 1. The van der Waals surface area contributed by atoms with Crippen LogP contribution in [0, 0.1) is 0 Å². The summed E-state index contributed by atoms with van der Waals surface area (Å²) >= 11 is 3.37. The van der Waals surface area contributed by atoms with Crippen LogP contribution < -0.4 is 5.32 Å². The number of hydrogen-bond donors (Lipinski definition) is 1. The van der Waals surface area contributed by atoms with Crippen molar-refractivity contribution in [3.05, 3.63) is 28.2 Å². The fourth-order valence-electron chi connectivity index (χ4n) is 2.35. The maximum atomic E-state index is 12.3. The van der Waals surface area contributed by atoms with Crippen molar-refractivity contribution >= 4 is 39.2 Å². The molecule has 1 aromatic carbocycles. The van der Waals surface area contributed by atoms with Crippen LogP contribution in [0.2, 0.25) is 0 Å². The van der Waals surface area contributed by atoms with Gasteiger partial charge in [0.15, 0.2) is 5.71 Å². The molecule has 0 saturated carbocycles. The van der Waals surface area contributed by atoms with Crippen molar-refractivity contribution in [1.29, 1.82) is 0 Å². The first kappa shape index (κ1) is 13.1. The molecule has 6 nitrogen and oxygen atoms in total. The first-order valence-electron chi connectivity index (χ1n) is 6.11. The van der Waals surface area contributed by atoms with Crippen molar-refractivity contribution in [1.82, 2.24) is 0 Å². The minimum Gasteiger partial charge on any atom is -0.461 e. The molecular formula is C13H11BrN2O4. The second-order valence-corrected chi connectivity index (χ2v) is 5.32. The molecule has 0 saturated heterocycles. The quantitative estimate of drug-likeness (QED) is 0.836. The number of benzene rings is 1. The van der Waals surface area contributed by atoms with E-state index < -0.39 is 11.6 Å². The van der Waals surface area contributed by atoms with Crippen LogP contribution in [0.25, 0.3) is 0 Å². The van der Waals surface area contributed by atoms with Gasteiger partial charge in [0.25, 0.3) is 5.91 Å². The molecule has 0 aromatic heterocycles. The number of hydrogen-bond acceptors (Lipinski definition) is 5. The molecule has 1 atom stereocenters. The number of anilines is 1. The van der Waals surface area contributed by atoms with E-state index in [4.69, 9.17) is 9.57 Å². The number of oxime groups is 1. The molecule has 104 valence electrons. The summed E-state index contributed by atoms with van der Waals surface area (Å²) in [5.74, 6) is -0.886. The minimum absolute atomic E-state index is 0.0706. The molecule has 3 rings (SSSR count). The van der Waals surface area contributed by atoms with E-state index >= 15 is 0 Å². The highest BCUT2D eigenvalue weighted by atomic mass is 79.9. The van der Waals surface area contributed by atoms with E-state index in [9.17, 15) is 9.59 Å². The Kier molecular flexibility index (Phi) is 3.01. The highest BCUT2D eigenvalue weighted by Crippen LogP contribution is 2.47. The van der Waals surface area contributed by atoms with Crippen LogP contribution in [0.4, 0.5) is 5.69 Å². The first-order chi connectivity index (χ1) is 9.58. The molecule has 0 aliphatic carbocycles. The highest BCUT2D eigenvalue weighted by Gasteiger charge is 2.55. The molecule has 0 bridgehead atoms. The van der Waals surface area contributed by atoms with Crippen molar-refractivity contribution in [2.24, 2.45) is 5.16 Å². The molecule has 2 aliphatic rings. The standard InChI is InChI=1S/C13H11BrN2O4/c1-2-19-11(17)9-6-13(20-16-9)7-4-3-5-8(14)10(7)15-12(13)18/h3-5H,2,6H2,1H3,(H,15,18)/t13-/m1/s1. The van der Waals surface area contributed by atoms with Gasteiger partial charge in [0.05, 0.1) is 18.7 Å². The average Bonchev–Trinajstić information content (AvgIpc) is 2.98. The monoisotopic (exact) mass is 338 g/mol. The Balaban J connectivity index is 1.96. The maximum absolute atomic E-state index is 12.3. The summed E-state index contributed by atoms with van der Waals surface area (Å²) in [7, 11) is 0. The van der Waals surface area contributed by atoms with Crippen LogP contribution in [-0.2, 0) is 24.8 Å². The van der Waals surface area contributed by atoms with Crippen LogP contribution in [0.5, 0.6) is 0 Å². The summed E-state index contributed by atoms with van der Waals surface area (Å²) in [6, 6.07) is 5.40. The van der Waals surface area contributed by atoms with Crippen LogP contribution in [0.15, 0.2) is 27.8 Å². The summed E-state index contributed by atoms with van der Waals surface area (Å²) in [6.45, 7) is 1.96. The number of rotatable bonds is 2. The highest BCUT2D eigenvalue weighted by molar-refractivity contribution is 9.10. The largest absolute Gasteiger partial charge is 0.461 e. The van der Waals surface area contributed by atoms with Gasteiger partial charge in [-0.2, -0.15) is 0 Å². The van der Waals surface area contributed by atoms with E-state index in [0.717, 1.165) is 4.47 Å². The van der Waals surface area contributed by atoms with Gasteiger partial charge in [-0.3, -0.25) is 4.79 Å². The number of carbonyl (C=O) groups excluding carboxylic acids is 2. The van der Waals surface area contributed by atoms with Crippen LogP contribution >= 0.6 is 15.9 Å². The summed E-state index contributed by atoms with van der Waals surface area (Å²) in [6.07, 6.45) is 0.0706. The van der Waals surface area contributed by atoms with E-state index in [1.807, 2.05) is 6.07 Å². The molecule has 20 heavy (non-hydrogen) atoms. The van der Waals surface area contributed by atoms with Crippen molar-refractivity contribution in [3.63, 3.8) is 0 Å². The second-order valence-electron chi connectivity index (χ2n) is 4.47. The van der Waals surface area contributed by atoms with Crippen molar-refractivity contribution in [3.8, 4) is 0 Å². The van der Waals surface area contributed by atoms with E-state index in [1.54, 1.807) is 19.1 Å². The number of para-hydroxylation sites is 1. The topological polar surface area (TPSA) is 77.0 Å². The number of carbonyl (C=O) groups is 2. The Bertz CT molecular complexity index is 643. The number of ether oxygens (including phenoxy) is 1. The molecule has 2 aliphatic heterocycles. The summed E-state index contributed by atoms with van der Waals surface area (Å²) < 4.78 is 5.64. The van der Waals surface area contributed by atoms with Gasteiger partial charge in [0.2, 0.25) is 5.60 Å². The Morgan fingerprint density at radius 1 is 1.60 bits per heavy atom. The number of esters is 1. The lowest BCUT2D eigenvalue weighted by Gasteiger charge is -2.18. The molecule has 1 N–H and O–H groups in total. The SMILES string of the molecule is CCOC(=O)C1=NO[C@@]2(C1)C(=O)Nc1c(Br)cccc12. The van der Waals surface area contributed by atoms with Gasteiger partial charge in [-0.05, 0) is 28.9 Å². The lowest BCUT2D eigenvalue weighted by atomic mass is 9.90. The Labute approximate surface area is 123 Å². The number of amides is 1. The Morgan fingerprint density at radius 3 is 3.15 bits per heavy atom. The molecule has 1 amide bonds. The van der Waals surface area contributed by atoms with Gasteiger partial charge < -0.3 is 14.9 Å². The molecule has 2 heterocycles. The van der Waals surface area contributed by atoms with Gasteiger partial charge >= 0.3 is 5.97 Å². The number of nitrogens with zero attached hydrogens (tertiary/aromatic N) is 1. The van der Waals surface area contributed by atoms with Gasteiger partial charge in [-0.1, -0.05) is 17.3 Å². The van der Waals surface area contributed by atoms with Gasteiger partial charge in [-0.15, -0.1) is 0 Å².